The maximum Gasteiger partial charge on any atom is 0.235 e. The first-order valence-electron chi connectivity index (χ1n) is 9.20. The molecular formula is C21H22N2O5. The van der Waals surface area contributed by atoms with E-state index in [1.165, 1.54) is 0 Å². The number of hydrogen-bond acceptors (Lipinski definition) is 6. The Bertz CT molecular complexity index is 860. The van der Waals surface area contributed by atoms with Crippen LogP contribution in [0.1, 0.15) is 18.4 Å². The number of pyridine rings is 1. The van der Waals surface area contributed by atoms with Crippen molar-refractivity contribution in [3.63, 3.8) is 0 Å². The first-order chi connectivity index (χ1) is 13.7. The van der Waals surface area contributed by atoms with Crippen molar-refractivity contribution >= 4 is 11.6 Å². The third-order valence-electron chi connectivity index (χ3n) is 5.05. The molecule has 1 aromatic heterocycles. The fourth-order valence-corrected chi connectivity index (χ4v) is 3.50. The normalized spacial score (nSPS) is 17.0. The summed E-state index contributed by atoms with van der Waals surface area (Å²) in [4.78, 5) is 17.5. The minimum atomic E-state index is -0.697. The smallest absolute Gasteiger partial charge is 0.235 e. The van der Waals surface area contributed by atoms with Crippen LogP contribution in [0.15, 0.2) is 49.2 Å². The van der Waals surface area contributed by atoms with Crippen molar-refractivity contribution in [2.45, 2.75) is 18.3 Å². The molecule has 1 N–H and O–H groups in total. The van der Waals surface area contributed by atoms with Crippen molar-refractivity contribution in [1.82, 2.24) is 4.98 Å². The summed E-state index contributed by atoms with van der Waals surface area (Å²) in [6.45, 7) is 5.23. The number of hydrogen-bond donors (Lipinski definition) is 1. The van der Waals surface area contributed by atoms with Crippen LogP contribution in [0.4, 0.5) is 5.69 Å². The highest BCUT2D eigenvalue weighted by atomic mass is 16.7. The molecule has 7 heteroatoms. The molecule has 0 bridgehead atoms. The molecule has 1 aromatic carbocycles. The van der Waals surface area contributed by atoms with Crippen molar-refractivity contribution in [3.8, 4) is 17.4 Å². The van der Waals surface area contributed by atoms with Crippen LogP contribution in [-0.2, 0) is 14.9 Å². The topological polar surface area (TPSA) is 78.9 Å². The molecule has 7 nitrogen and oxygen atoms in total. The zero-order valence-electron chi connectivity index (χ0n) is 15.5. The molecule has 0 aliphatic carbocycles. The second-order valence-electron chi connectivity index (χ2n) is 6.70. The van der Waals surface area contributed by atoms with E-state index in [9.17, 15) is 4.79 Å². The summed E-state index contributed by atoms with van der Waals surface area (Å²) < 4.78 is 21.8. The van der Waals surface area contributed by atoms with Gasteiger partial charge in [-0.05, 0) is 36.6 Å². The molecule has 3 heterocycles. The van der Waals surface area contributed by atoms with E-state index in [1.807, 2.05) is 18.2 Å². The summed E-state index contributed by atoms with van der Waals surface area (Å²) >= 11 is 0. The van der Waals surface area contributed by atoms with Crippen LogP contribution in [0.25, 0.3) is 0 Å². The minimum Gasteiger partial charge on any atom is -0.473 e. The minimum absolute atomic E-state index is 0.0868. The van der Waals surface area contributed by atoms with Crippen LogP contribution in [0, 0.1) is 0 Å². The Morgan fingerprint density at radius 3 is 2.79 bits per heavy atom. The van der Waals surface area contributed by atoms with E-state index in [2.05, 4.69) is 16.9 Å². The lowest BCUT2D eigenvalue weighted by Gasteiger charge is -2.36. The molecule has 2 aliphatic heterocycles. The number of nitrogens with one attached hydrogen (secondary N) is 1. The Balaban J connectivity index is 1.57. The Morgan fingerprint density at radius 1 is 1.21 bits per heavy atom. The molecule has 1 fully saturated rings. The van der Waals surface area contributed by atoms with Crippen LogP contribution in [-0.4, -0.2) is 37.5 Å². The Labute approximate surface area is 163 Å². The molecule has 146 valence electrons. The van der Waals surface area contributed by atoms with Crippen molar-refractivity contribution in [2.75, 3.05) is 31.9 Å². The fraction of sp³-hybridized carbons (Fsp3) is 0.333. The van der Waals surface area contributed by atoms with E-state index >= 15 is 0 Å². The van der Waals surface area contributed by atoms with Gasteiger partial charge in [-0.1, -0.05) is 18.7 Å². The van der Waals surface area contributed by atoms with E-state index in [0.29, 0.717) is 55.7 Å². The Kier molecular flexibility index (Phi) is 5.16. The average molecular weight is 382 g/mol. The van der Waals surface area contributed by atoms with Gasteiger partial charge < -0.3 is 24.3 Å². The van der Waals surface area contributed by atoms with Crippen molar-refractivity contribution in [2.24, 2.45) is 0 Å². The number of aromatic nitrogens is 1. The van der Waals surface area contributed by atoms with Gasteiger partial charge in [-0.15, -0.1) is 0 Å². The Hall–Kier alpha value is -3.06. The number of carbonyl (C=O) groups is 1. The number of amides is 1. The number of rotatable bonds is 6. The van der Waals surface area contributed by atoms with Crippen molar-refractivity contribution < 1.29 is 23.7 Å². The first-order valence-corrected chi connectivity index (χ1v) is 9.20. The summed E-state index contributed by atoms with van der Waals surface area (Å²) in [6.07, 6.45) is 4.42. The largest absolute Gasteiger partial charge is 0.473 e. The van der Waals surface area contributed by atoms with Gasteiger partial charge in [0.2, 0.25) is 18.6 Å². The van der Waals surface area contributed by atoms with Gasteiger partial charge in [0.05, 0.1) is 17.3 Å². The van der Waals surface area contributed by atoms with Crippen LogP contribution in [0.5, 0.6) is 17.4 Å². The average Bonchev–Trinajstić information content (AvgIpc) is 3.21. The number of anilines is 1. The highest BCUT2D eigenvalue weighted by Crippen LogP contribution is 2.41. The highest BCUT2D eigenvalue weighted by molar-refractivity contribution is 5.99. The lowest BCUT2D eigenvalue weighted by molar-refractivity contribution is -0.125. The number of fused-ring (bicyclic) bond motifs is 1. The molecule has 1 amide bonds. The van der Waals surface area contributed by atoms with Crippen LogP contribution in [0.3, 0.4) is 0 Å². The molecule has 0 radical (unpaired) electrons. The summed E-state index contributed by atoms with van der Waals surface area (Å²) in [6, 6.07) is 9.18. The number of nitrogens with zero attached hydrogens (tertiary/aromatic N) is 1. The predicted molar refractivity (Wildman–Crippen MR) is 103 cm³/mol. The number of benzene rings is 1. The number of ether oxygens (including phenoxy) is 4. The fourth-order valence-electron chi connectivity index (χ4n) is 3.50. The molecule has 0 atom stereocenters. The van der Waals surface area contributed by atoms with Crippen molar-refractivity contribution in [3.05, 3.63) is 54.7 Å². The summed E-state index contributed by atoms with van der Waals surface area (Å²) in [5, 5.41) is 3.00. The third kappa shape index (κ3) is 3.53. The molecule has 0 unspecified atom stereocenters. The van der Waals surface area contributed by atoms with Crippen LogP contribution >= 0.6 is 0 Å². The quantitative estimate of drug-likeness (QED) is 0.774. The molecule has 28 heavy (non-hydrogen) atoms. The molecule has 2 aliphatic rings. The molecule has 0 saturated carbocycles. The second-order valence-corrected chi connectivity index (χ2v) is 6.70. The molecule has 0 spiro atoms. The van der Waals surface area contributed by atoms with Gasteiger partial charge in [-0.3, -0.25) is 4.79 Å². The van der Waals surface area contributed by atoms with Gasteiger partial charge in [0, 0.05) is 19.3 Å². The predicted octanol–water partition coefficient (Wildman–Crippen LogP) is 3.06. The van der Waals surface area contributed by atoms with Crippen LogP contribution in [0.2, 0.25) is 0 Å². The summed E-state index contributed by atoms with van der Waals surface area (Å²) in [5.41, 5.74) is 0.816. The zero-order chi connectivity index (χ0) is 19.4. The Morgan fingerprint density at radius 2 is 2.04 bits per heavy atom. The molecule has 2 aromatic rings. The van der Waals surface area contributed by atoms with Gasteiger partial charge in [0.25, 0.3) is 0 Å². The molecule has 4 rings (SSSR count). The summed E-state index contributed by atoms with van der Waals surface area (Å²) in [7, 11) is 0. The van der Waals surface area contributed by atoms with E-state index in [-0.39, 0.29) is 12.7 Å². The lowest BCUT2D eigenvalue weighted by Crippen LogP contribution is -2.44. The van der Waals surface area contributed by atoms with Crippen LogP contribution < -0.4 is 19.5 Å². The lowest BCUT2D eigenvalue weighted by atomic mass is 9.73. The maximum absolute atomic E-state index is 13.3. The van der Waals surface area contributed by atoms with Gasteiger partial charge in [-0.2, -0.15) is 0 Å². The first kappa shape index (κ1) is 18.3. The zero-order valence-corrected chi connectivity index (χ0v) is 15.5. The van der Waals surface area contributed by atoms with Gasteiger partial charge in [0.15, 0.2) is 11.5 Å². The second kappa shape index (κ2) is 7.90. The molecule has 1 saturated heterocycles. The third-order valence-corrected chi connectivity index (χ3v) is 5.05. The number of carbonyl (C=O) groups excluding carboxylic acids is 1. The van der Waals surface area contributed by atoms with E-state index in [4.69, 9.17) is 18.9 Å². The van der Waals surface area contributed by atoms with E-state index in [1.54, 1.807) is 24.4 Å². The highest BCUT2D eigenvalue weighted by Gasteiger charge is 2.42. The van der Waals surface area contributed by atoms with E-state index < -0.39 is 5.41 Å². The van der Waals surface area contributed by atoms with Gasteiger partial charge in [-0.25, -0.2) is 4.98 Å². The monoisotopic (exact) mass is 382 g/mol. The maximum atomic E-state index is 13.3. The van der Waals surface area contributed by atoms with Gasteiger partial charge >= 0.3 is 0 Å². The standard InChI is InChI=1S/C21H22N2O5/c1-2-9-26-19-6-4-16(13-22-19)23-20(24)21(7-10-25-11-8-21)15-3-5-17-18(12-15)28-14-27-17/h2-6,12-13H,1,7-11,14H2,(H,23,24). The SMILES string of the molecule is C=CCOc1ccc(NC(=O)C2(c3ccc4c(c3)OCO4)CCOCC2)cn1. The van der Waals surface area contributed by atoms with E-state index in [0.717, 1.165) is 5.56 Å². The molecular weight excluding hydrogens is 360 g/mol. The van der Waals surface area contributed by atoms with Gasteiger partial charge in [0.1, 0.15) is 6.61 Å². The summed E-state index contributed by atoms with van der Waals surface area (Å²) in [5.74, 6) is 1.76. The van der Waals surface area contributed by atoms with Crippen molar-refractivity contribution in [1.29, 1.82) is 0 Å².